The number of allylic oxidation sites excluding steroid dienone is 4. The molecule has 1 aliphatic carbocycles. The number of halogens is 2. The van der Waals surface area contributed by atoms with E-state index in [1.54, 1.807) is 3.88 Å². The Balaban J connectivity index is 0. The molecule has 1 nitrogen and oxygen atoms in total. The second kappa shape index (κ2) is 2.76. The van der Waals surface area contributed by atoms with E-state index in [2.05, 4.69) is 74.2 Å². The third-order valence-electron chi connectivity index (χ3n) is 4.49. The first-order valence-electron chi connectivity index (χ1n) is 7.47. The molecular formula is C15H38Cl2NSiTi. The molecule has 0 fully saturated rings. The molecule has 1 rings (SSSR count). The quantitative estimate of drug-likeness (QED) is 0.636. The molecule has 0 aliphatic heterocycles. The predicted octanol–water partition coefficient (Wildman–Crippen LogP) is 5.38. The summed E-state index contributed by atoms with van der Waals surface area (Å²) >= 11 is 0. The van der Waals surface area contributed by atoms with Gasteiger partial charge in [-0.25, -0.2) is 0 Å². The van der Waals surface area contributed by atoms with Crippen LogP contribution in [0.2, 0.25) is 31.4 Å². The van der Waals surface area contributed by atoms with Crippen molar-refractivity contribution in [3.05, 3.63) is 22.1 Å². The van der Waals surface area contributed by atoms with E-state index in [4.69, 9.17) is 0 Å². The minimum Gasteiger partial charge on any atom is -0.147 e. The number of rotatable bonds is 2. The van der Waals surface area contributed by atoms with Crippen molar-refractivity contribution in [2.45, 2.75) is 64.1 Å². The van der Waals surface area contributed by atoms with Gasteiger partial charge in [0.05, 0.1) is 0 Å². The van der Waals surface area contributed by atoms with E-state index in [9.17, 15) is 0 Å². The van der Waals surface area contributed by atoms with Gasteiger partial charge in [-0.1, -0.05) is 0 Å². The van der Waals surface area contributed by atoms with Crippen molar-refractivity contribution in [1.29, 1.82) is 0 Å². The van der Waals surface area contributed by atoms with E-state index in [0.29, 0.717) is 0 Å². The summed E-state index contributed by atoms with van der Waals surface area (Å²) in [7, 11) is -3.59. The largest absolute Gasteiger partial charge is 0.147 e. The number of hydrogen-bond acceptors (Lipinski definition) is 1. The summed E-state index contributed by atoms with van der Waals surface area (Å²) in [4.78, 5) is 0. The average molecular weight is 379 g/mol. The van der Waals surface area contributed by atoms with Crippen LogP contribution in [0.25, 0.3) is 0 Å². The molecular weight excluding hydrogens is 341 g/mol. The van der Waals surface area contributed by atoms with Gasteiger partial charge < -0.3 is 0 Å². The Morgan fingerprint density at radius 2 is 1.40 bits per heavy atom. The van der Waals surface area contributed by atoms with Crippen molar-refractivity contribution in [1.82, 2.24) is 3.80 Å². The van der Waals surface area contributed by atoms with Crippen LogP contribution in [0.5, 0.6) is 0 Å². The fourth-order valence-electron chi connectivity index (χ4n) is 4.73. The maximum Gasteiger partial charge on any atom is -0.147 e. The minimum atomic E-state index is -4.69. The van der Waals surface area contributed by atoms with Crippen LogP contribution in [0.15, 0.2) is 22.1 Å². The first kappa shape index (κ1) is 23.2. The monoisotopic (exact) mass is 378 g/mol. The molecule has 1 aliphatic rings. The first-order valence-corrected chi connectivity index (χ1v) is 24.1. The topological polar surface area (TPSA) is 12.0 Å². The van der Waals surface area contributed by atoms with Crippen molar-refractivity contribution in [2.24, 2.45) is 0 Å². The fourth-order valence-corrected chi connectivity index (χ4v) is 23.1. The van der Waals surface area contributed by atoms with Gasteiger partial charge in [0.15, 0.2) is 0 Å². The molecule has 0 unspecified atom stereocenters. The van der Waals surface area contributed by atoms with Crippen LogP contribution in [-0.4, -0.2) is 13.6 Å². The number of nitrogens with one attached hydrogen (secondary N) is 1. The maximum absolute atomic E-state index is 4.69. The van der Waals surface area contributed by atoms with Crippen molar-refractivity contribution in [3.8, 4) is 0 Å². The van der Waals surface area contributed by atoms with Gasteiger partial charge in [0.25, 0.3) is 0 Å². The van der Waals surface area contributed by atoms with E-state index in [1.807, 2.05) is 0 Å². The van der Waals surface area contributed by atoms with E-state index >= 15 is 0 Å². The van der Waals surface area contributed by atoms with Crippen molar-refractivity contribution >= 4 is 32.9 Å². The molecule has 0 atom stereocenters. The van der Waals surface area contributed by atoms with Crippen LogP contribution in [0.3, 0.4) is 0 Å². The maximum atomic E-state index is 4.23. The van der Waals surface area contributed by atoms with Crippen LogP contribution >= 0.6 is 24.8 Å². The average Bonchev–Trinajstić information content (AvgIpc) is 2.20. The van der Waals surface area contributed by atoms with Gasteiger partial charge in [-0.15, -0.1) is 24.8 Å². The third-order valence-corrected chi connectivity index (χ3v) is 20.4. The molecule has 20 heavy (non-hydrogen) atoms. The van der Waals surface area contributed by atoms with E-state index in [1.165, 1.54) is 0 Å². The molecule has 0 amide bonds. The summed E-state index contributed by atoms with van der Waals surface area (Å²) in [6.07, 6.45) is 7.98. The van der Waals surface area contributed by atoms with Crippen molar-refractivity contribution in [2.75, 3.05) is 0 Å². The van der Waals surface area contributed by atoms with Gasteiger partial charge in [0.1, 0.15) is 0 Å². The van der Waals surface area contributed by atoms with Crippen LogP contribution in [0.1, 0.15) is 27.2 Å². The zero-order valence-electron chi connectivity index (χ0n) is 15.3. The summed E-state index contributed by atoms with van der Waals surface area (Å²) in [5.41, 5.74) is 0.0881. The van der Waals surface area contributed by atoms with Crippen LogP contribution in [-0.2, 0) is 9.69 Å². The molecule has 0 saturated heterocycles. The molecule has 0 aromatic heterocycles. The molecule has 0 aromatic carbocycles. The third kappa shape index (κ3) is 5.00. The fraction of sp³-hybridized carbons (Fsp3) is 0.733. The van der Waals surface area contributed by atoms with Gasteiger partial charge in [-0.2, -0.15) is 0 Å². The zero-order valence-corrected chi connectivity index (χ0v) is 20.5. The van der Waals surface area contributed by atoms with Gasteiger partial charge in [0, 0.05) is 0 Å². The van der Waals surface area contributed by atoms with E-state index < -0.39 is 9.69 Å². The number of hydrogen-bond donors (Lipinski definition) is 1. The standard InChI is InChI=1S/C5H5.C4H10N.6CH3.2ClH.H3Si.Ti/c1-2-4-5-3-1;1-4(2,3)5;;;;;;;;;;/h1-3H,4H2;5H,1-3H3;6*1H3;2*1H;1H3;/q;-1;;;;;;;;;;+1. The smallest absolute Gasteiger partial charge is 0.147 e. The predicted molar refractivity (Wildman–Crippen MR) is 104 cm³/mol. The second-order valence-electron chi connectivity index (χ2n) is 17.8. The second-order valence-corrected chi connectivity index (χ2v) is 92.2. The Hall–Kier alpha value is 0.951. The van der Waals surface area contributed by atoms with Crippen LogP contribution in [0, 0.1) is 0 Å². The van der Waals surface area contributed by atoms with Crippen LogP contribution in [0.4, 0.5) is 0 Å². The van der Waals surface area contributed by atoms with Gasteiger partial charge in [0.2, 0.25) is 0 Å². The Labute approximate surface area is 132 Å². The van der Waals surface area contributed by atoms with Gasteiger partial charge >= 0.3 is 108 Å². The molecule has 0 bridgehead atoms. The minimum absolute atomic E-state index is 0. The molecule has 0 heterocycles. The molecule has 0 spiro atoms. The SMILES string of the molecule is CC(C)(C)[NH][Ti]([CH3])([CH3])([CH3])([CH3])([CH3])([CH3])([SiH3])[C]1=CC=CC1.Cl.Cl. The van der Waals surface area contributed by atoms with Crippen molar-refractivity contribution < 1.29 is 9.69 Å². The molecule has 0 radical (unpaired) electrons. The molecule has 1 N–H and O–H groups in total. The summed E-state index contributed by atoms with van der Waals surface area (Å²) in [6, 6.07) is 0. The van der Waals surface area contributed by atoms with Crippen molar-refractivity contribution in [3.63, 3.8) is 0 Å². The Bertz CT molecular complexity index is 540. The molecule has 5 heteroatoms. The Morgan fingerprint density at radius 1 is 1.00 bits per heavy atom. The molecule has 125 valence electrons. The van der Waals surface area contributed by atoms with Gasteiger partial charge in [-0.3, -0.25) is 0 Å². The Morgan fingerprint density at radius 3 is 1.65 bits per heavy atom. The molecule has 0 saturated carbocycles. The van der Waals surface area contributed by atoms with E-state index in [-0.39, 0.29) is 30.4 Å². The normalized spacial score (nSPS) is 26.2. The summed E-state index contributed by atoms with van der Waals surface area (Å²) < 4.78 is 5.83. The summed E-state index contributed by atoms with van der Waals surface area (Å²) in [5, 5.41) is 15.4. The summed E-state index contributed by atoms with van der Waals surface area (Å²) in [5.74, 6) is 0. The van der Waals surface area contributed by atoms with Crippen LogP contribution < -0.4 is 3.80 Å². The first-order chi connectivity index (χ1) is 6.93. The van der Waals surface area contributed by atoms with E-state index in [0.717, 1.165) is 14.5 Å². The summed E-state index contributed by atoms with van der Waals surface area (Å²) in [6.45, 7) is 6.88. The molecule has 0 aromatic rings. The van der Waals surface area contributed by atoms with Gasteiger partial charge in [-0.05, 0) is 0 Å². The Kier molecular flexibility index (Phi) is 3.20. The zero-order chi connectivity index (χ0) is 14.9.